The summed E-state index contributed by atoms with van der Waals surface area (Å²) >= 11 is 0. The van der Waals surface area contributed by atoms with Crippen LogP contribution in [0.1, 0.15) is 43.8 Å². The number of nitrogens with zero attached hydrogens (tertiary/aromatic N) is 5. The Kier molecular flexibility index (Phi) is 4.34. The molecule has 1 N–H and O–H groups in total. The molecule has 0 radical (unpaired) electrons. The van der Waals surface area contributed by atoms with Crippen molar-refractivity contribution in [3.8, 4) is 0 Å². The molecule has 0 spiro atoms. The van der Waals surface area contributed by atoms with Crippen LogP contribution in [0.2, 0.25) is 0 Å². The first kappa shape index (κ1) is 14.3. The van der Waals surface area contributed by atoms with Gasteiger partial charge in [0.15, 0.2) is 0 Å². The van der Waals surface area contributed by atoms with Gasteiger partial charge in [-0.15, -0.1) is 5.10 Å². The number of hydrogen-bond donors (Lipinski definition) is 1. The molecule has 2 aromatic rings. The molecule has 6 heteroatoms. The van der Waals surface area contributed by atoms with Crippen molar-refractivity contribution < 1.29 is 0 Å². The van der Waals surface area contributed by atoms with Gasteiger partial charge in [0, 0.05) is 24.5 Å². The van der Waals surface area contributed by atoms with E-state index in [2.05, 4.69) is 45.3 Å². The van der Waals surface area contributed by atoms with Crippen LogP contribution in [0.3, 0.4) is 0 Å². The Labute approximate surface area is 125 Å². The number of hydrogen-bond acceptors (Lipinski definition) is 4. The van der Waals surface area contributed by atoms with Crippen molar-refractivity contribution in [3.05, 3.63) is 29.3 Å². The van der Waals surface area contributed by atoms with Gasteiger partial charge < -0.3 is 5.32 Å². The zero-order valence-electron chi connectivity index (χ0n) is 12.9. The summed E-state index contributed by atoms with van der Waals surface area (Å²) in [6, 6.07) is 2.91. The predicted octanol–water partition coefficient (Wildman–Crippen LogP) is 1.55. The van der Waals surface area contributed by atoms with Crippen LogP contribution in [-0.2, 0) is 32.5 Å². The predicted molar refractivity (Wildman–Crippen MR) is 80.9 cm³/mol. The molecule has 0 bridgehead atoms. The SMILES string of the molecule is CCc1cc(CC)n(CCn2cc(CNC3CC3)nn2)n1. The van der Waals surface area contributed by atoms with E-state index in [9.17, 15) is 0 Å². The van der Waals surface area contributed by atoms with E-state index in [4.69, 9.17) is 0 Å². The minimum absolute atomic E-state index is 0.707. The maximum absolute atomic E-state index is 4.63. The number of aromatic nitrogens is 5. The van der Waals surface area contributed by atoms with Gasteiger partial charge in [0.1, 0.15) is 0 Å². The van der Waals surface area contributed by atoms with Crippen molar-refractivity contribution >= 4 is 0 Å². The van der Waals surface area contributed by atoms with Gasteiger partial charge in [-0.1, -0.05) is 19.1 Å². The van der Waals surface area contributed by atoms with Gasteiger partial charge in [0.05, 0.1) is 24.5 Å². The van der Waals surface area contributed by atoms with E-state index in [-0.39, 0.29) is 0 Å². The van der Waals surface area contributed by atoms with Gasteiger partial charge in [-0.05, 0) is 31.7 Å². The second-order valence-electron chi connectivity index (χ2n) is 5.69. The van der Waals surface area contributed by atoms with Gasteiger partial charge in [-0.3, -0.25) is 9.36 Å². The van der Waals surface area contributed by atoms with Crippen LogP contribution >= 0.6 is 0 Å². The summed E-state index contributed by atoms with van der Waals surface area (Å²) in [6.07, 6.45) is 6.63. The second kappa shape index (κ2) is 6.39. The normalized spacial score (nSPS) is 14.8. The second-order valence-corrected chi connectivity index (χ2v) is 5.69. The zero-order valence-corrected chi connectivity index (χ0v) is 12.9. The highest BCUT2D eigenvalue weighted by Crippen LogP contribution is 2.18. The Balaban J connectivity index is 1.55. The van der Waals surface area contributed by atoms with Gasteiger partial charge in [-0.2, -0.15) is 5.10 Å². The molecule has 0 aliphatic heterocycles. The molecule has 0 aromatic carbocycles. The third-order valence-electron chi connectivity index (χ3n) is 3.91. The Morgan fingerprint density at radius 2 is 2.05 bits per heavy atom. The Bertz CT molecular complexity index is 581. The average molecular weight is 288 g/mol. The van der Waals surface area contributed by atoms with Crippen LogP contribution in [0.25, 0.3) is 0 Å². The van der Waals surface area contributed by atoms with Crippen molar-refractivity contribution in [1.29, 1.82) is 0 Å². The average Bonchev–Trinajstić information content (AvgIpc) is 3.08. The number of nitrogens with one attached hydrogen (secondary N) is 1. The molecule has 0 saturated heterocycles. The van der Waals surface area contributed by atoms with Crippen LogP contribution < -0.4 is 5.32 Å². The highest BCUT2D eigenvalue weighted by molar-refractivity contribution is 5.10. The topological polar surface area (TPSA) is 60.6 Å². The Morgan fingerprint density at radius 1 is 1.19 bits per heavy atom. The summed E-state index contributed by atoms with van der Waals surface area (Å²) in [6.45, 7) is 6.80. The van der Waals surface area contributed by atoms with Crippen molar-refractivity contribution in [2.24, 2.45) is 0 Å². The van der Waals surface area contributed by atoms with E-state index >= 15 is 0 Å². The first-order chi connectivity index (χ1) is 10.3. The van der Waals surface area contributed by atoms with Gasteiger partial charge in [-0.25, -0.2) is 0 Å². The van der Waals surface area contributed by atoms with Crippen molar-refractivity contribution in [2.45, 2.75) is 65.2 Å². The first-order valence-electron chi connectivity index (χ1n) is 7.96. The molecule has 1 aliphatic rings. The van der Waals surface area contributed by atoms with Crippen molar-refractivity contribution in [1.82, 2.24) is 30.1 Å². The third-order valence-corrected chi connectivity index (χ3v) is 3.91. The van der Waals surface area contributed by atoms with E-state index in [0.29, 0.717) is 6.04 Å². The molecule has 1 fully saturated rings. The molecule has 0 unspecified atom stereocenters. The molecule has 6 nitrogen and oxygen atoms in total. The maximum Gasteiger partial charge on any atom is 0.0964 e. The van der Waals surface area contributed by atoms with Gasteiger partial charge in [0.2, 0.25) is 0 Å². The molecule has 2 heterocycles. The fraction of sp³-hybridized carbons (Fsp3) is 0.667. The minimum Gasteiger partial charge on any atom is -0.308 e. The summed E-state index contributed by atoms with van der Waals surface area (Å²) in [5, 5.41) is 16.5. The van der Waals surface area contributed by atoms with Crippen LogP contribution in [0, 0.1) is 0 Å². The first-order valence-corrected chi connectivity index (χ1v) is 7.96. The van der Waals surface area contributed by atoms with E-state index in [1.165, 1.54) is 24.2 Å². The van der Waals surface area contributed by atoms with Crippen molar-refractivity contribution in [3.63, 3.8) is 0 Å². The lowest BCUT2D eigenvalue weighted by molar-refractivity contribution is 0.477. The lowest BCUT2D eigenvalue weighted by Gasteiger charge is -2.05. The molecular weight excluding hydrogens is 264 g/mol. The lowest BCUT2D eigenvalue weighted by Crippen LogP contribution is -2.15. The Morgan fingerprint density at radius 3 is 2.76 bits per heavy atom. The standard InChI is InChI=1S/C15H24N6/c1-3-12-9-15(4-2)21(18-12)8-7-20-11-14(17-19-20)10-16-13-5-6-13/h9,11,13,16H,3-8,10H2,1-2H3. The molecule has 1 aliphatic carbocycles. The zero-order chi connectivity index (χ0) is 14.7. The molecule has 0 atom stereocenters. The minimum atomic E-state index is 0.707. The fourth-order valence-corrected chi connectivity index (χ4v) is 2.43. The van der Waals surface area contributed by atoms with E-state index in [1.54, 1.807) is 0 Å². The molecule has 3 rings (SSSR count). The van der Waals surface area contributed by atoms with Crippen LogP contribution in [0.4, 0.5) is 0 Å². The monoisotopic (exact) mass is 288 g/mol. The smallest absolute Gasteiger partial charge is 0.0964 e. The third kappa shape index (κ3) is 3.69. The number of rotatable bonds is 8. The van der Waals surface area contributed by atoms with Crippen LogP contribution in [-0.4, -0.2) is 30.8 Å². The van der Waals surface area contributed by atoms with E-state index < -0.39 is 0 Å². The van der Waals surface area contributed by atoms with Crippen LogP contribution in [0.5, 0.6) is 0 Å². The molecular formula is C15H24N6. The van der Waals surface area contributed by atoms with E-state index in [0.717, 1.165) is 38.2 Å². The lowest BCUT2D eigenvalue weighted by atomic mass is 10.3. The molecule has 0 amide bonds. The van der Waals surface area contributed by atoms with Gasteiger partial charge >= 0.3 is 0 Å². The fourth-order valence-electron chi connectivity index (χ4n) is 2.43. The van der Waals surface area contributed by atoms with Crippen molar-refractivity contribution in [2.75, 3.05) is 0 Å². The summed E-state index contributed by atoms with van der Waals surface area (Å²) in [5.41, 5.74) is 3.48. The highest BCUT2D eigenvalue weighted by Gasteiger charge is 2.20. The summed E-state index contributed by atoms with van der Waals surface area (Å²) in [4.78, 5) is 0. The Hall–Kier alpha value is -1.69. The maximum atomic E-state index is 4.63. The molecule has 2 aromatic heterocycles. The molecule has 114 valence electrons. The largest absolute Gasteiger partial charge is 0.308 e. The highest BCUT2D eigenvalue weighted by atomic mass is 15.4. The number of aryl methyl sites for hydroxylation is 4. The van der Waals surface area contributed by atoms with Gasteiger partial charge in [0.25, 0.3) is 0 Å². The summed E-state index contributed by atoms with van der Waals surface area (Å²) in [5.74, 6) is 0. The summed E-state index contributed by atoms with van der Waals surface area (Å²) in [7, 11) is 0. The quantitative estimate of drug-likeness (QED) is 0.800. The summed E-state index contributed by atoms with van der Waals surface area (Å²) < 4.78 is 4.01. The molecule has 1 saturated carbocycles. The van der Waals surface area contributed by atoms with Crippen LogP contribution in [0.15, 0.2) is 12.3 Å². The van der Waals surface area contributed by atoms with E-state index in [1.807, 2.05) is 10.9 Å². The molecule has 21 heavy (non-hydrogen) atoms.